The molecule has 0 aromatic carbocycles. The predicted molar refractivity (Wildman–Crippen MR) is 79.0 cm³/mol. The Labute approximate surface area is 114 Å². The molecule has 1 fully saturated rings. The maximum absolute atomic E-state index is 5.53. The van der Waals surface area contributed by atoms with Gasteiger partial charge in [0.05, 0.1) is 5.60 Å². The minimum atomic E-state index is -0.0166. The van der Waals surface area contributed by atoms with Crippen molar-refractivity contribution in [3.63, 3.8) is 0 Å². The normalized spacial score (nSPS) is 21.8. The number of ether oxygens (including phenoxy) is 1. The highest BCUT2D eigenvalue weighted by Crippen LogP contribution is 2.28. The van der Waals surface area contributed by atoms with Gasteiger partial charge in [0.2, 0.25) is 0 Å². The molecule has 1 N–H and O–H groups in total. The van der Waals surface area contributed by atoms with E-state index < -0.39 is 0 Å². The zero-order chi connectivity index (χ0) is 13.6. The van der Waals surface area contributed by atoms with E-state index in [9.17, 15) is 0 Å². The summed E-state index contributed by atoms with van der Waals surface area (Å²) in [7, 11) is 1.81. The number of hydrogen-bond acceptors (Lipinski definition) is 2. The standard InChI is InChI=1S/C16H33NO/c1-6-15(14-10-8-7-9-11-14)17-13(2)12-16(3,4)18-5/h13-15,17H,6-12H2,1-5H3. The lowest BCUT2D eigenvalue weighted by Crippen LogP contribution is -2.44. The molecular formula is C16H33NO. The summed E-state index contributed by atoms with van der Waals surface area (Å²) in [5, 5.41) is 3.85. The van der Waals surface area contributed by atoms with Crippen LogP contribution in [-0.4, -0.2) is 24.8 Å². The van der Waals surface area contributed by atoms with Gasteiger partial charge in [-0.05, 0) is 52.4 Å². The Kier molecular flexibility index (Phi) is 6.65. The van der Waals surface area contributed by atoms with Crippen molar-refractivity contribution in [3.8, 4) is 0 Å². The first-order valence-electron chi connectivity index (χ1n) is 7.79. The summed E-state index contributed by atoms with van der Waals surface area (Å²) < 4.78 is 5.53. The molecule has 18 heavy (non-hydrogen) atoms. The second-order valence-corrected chi connectivity index (χ2v) is 6.65. The van der Waals surface area contributed by atoms with Crippen LogP contribution in [0.2, 0.25) is 0 Å². The lowest BCUT2D eigenvalue weighted by Gasteiger charge is -2.35. The van der Waals surface area contributed by atoms with Crippen molar-refractivity contribution in [2.75, 3.05) is 7.11 Å². The van der Waals surface area contributed by atoms with Gasteiger partial charge in [-0.1, -0.05) is 26.2 Å². The van der Waals surface area contributed by atoms with Crippen LogP contribution in [-0.2, 0) is 4.74 Å². The van der Waals surface area contributed by atoms with E-state index in [1.807, 2.05) is 7.11 Å². The Balaban J connectivity index is 2.41. The molecule has 0 aromatic rings. The van der Waals surface area contributed by atoms with E-state index in [-0.39, 0.29) is 5.60 Å². The van der Waals surface area contributed by atoms with Crippen LogP contribution >= 0.6 is 0 Å². The fourth-order valence-electron chi connectivity index (χ4n) is 3.37. The molecule has 0 heterocycles. The van der Waals surface area contributed by atoms with Crippen LogP contribution in [0.25, 0.3) is 0 Å². The van der Waals surface area contributed by atoms with E-state index in [0.717, 1.165) is 12.3 Å². The third kappa shape index (κ3) is 5.27. The van der Waals surface area contributed by atoms with Crippen molar-refractivity contribution in [2.24, 2.45) is 5.92 Å². The summed E-state index contributed by atoms with van der Waals surface area (Å²) in [5.74, 6) is 0.900. The molecule has 2 nitrogen and oxygen atoms in total. The fraction of sp³-hybridized carbons (Fsp3) is 1.00. The second kappa shape index (κ2) is 7.49. The van der Waals surface area contributed by atoms with E-state index >= 15 is 0 Å². The van der Waals surface area contributed by atoms with Crippen molar-refractivity contribution in [2.45, 2.75) is 90.3 Å². The number of methoxy groups -OCH3 is 1. The van der Waals surface area contributed by atoms with E-state index in [0.29, 0.717) is 12.1 Å². The zero-order valence-electron chi connectivity index (χ0n) is 13.1. The van der Waals surface area contributed by atoms with Crippen LogP contribution < -0.4 is 5.32 Å². The van der Waals surface area contributed by atoms with Crippen LogP contribution in [0.3, 0.4) is 0 Å². The molecule has 2 unspecified atom stereocenters. The van der Waals surface area contributed by atoms with Gasteiger partial charge in [-0.25, -0.2) is 0 Å². The minimum absolute atomic E-state index is 0.0166. The topological polar surface area (TPSA) is 21.3 Å². The molecule has 0 amide bonds. The lowest BCUT2D eigenvalue weighted by molar-refractivity contribution is 0.00667. The van der Waals surface area contributed by atoms with Crippen LogP contribution in [0.15, 0.2) is 0 Å². The number of hydrogen-bond donors (Lipinski definition) is 1. The maximum atomic E-state index is 5.53. The van der Waals surface area contributed by atoms with Crippen molar-refractivity contribution in [3.05, 3.63) is 0 Å². The molecular weight excluding hydrogens is 222 g/mol. The van der Waals surface area contributed by atoms with E-state index in [1.165, 1.54) is 38.5 Å². The minimum Gasteiger partial charge on any atom is -0.379 e. The summed E-state index contributed by atoms with van der Waals surface area (Å²) in [4.78, 5) is 0. The van der Waals surface area contributed by atoms with Crippen molar-refractivity contribution in [1.82, 2.24) is 5.32 Å². The first-order chi connectivity index (χ1) is 8.48. The van der Waals surface area contributed by atoms with Crippen molar-refractivity contribution >= 4 is 0 Å². The molecule has 2 atom stereocenters. The van der Waals surface area contributed by atoms with Crippen molar-refractivity contribution < 1.29 is 4.74 Å². The molecule has 1 aliphatic rings. The third-order valence-electron chi connectivity index (χ3n) is 4.51. The molecule has 108 valence electrons. The Bertz CT molecular complexity index is 221. The van der Waals surface area contributed by atoms with Gasteiger partial charge < -0.3 is 10.1 Å². The highest BCUT2D eigenvalue weighted by atomic mass is 16.5. The maximum Gasteiger partial charge on any atom is 0.0637 e. The summed E-state index contributed by atoms with van der Waals surface area (Å²) in [6.45, 7) is 8.96. The van der Waals surface area contributed by atoms with Crippen molar-refractivity contribution in [1.29, 1.82) is 0 Å². The molecule has 0 aromatic heterocycles. The molecule has 2 heteroatoms. The monoisotopic (exact) mass is 255 g/mol. The molecule has 0 aliphatic heterocycles. The van der Waals surface area contributed by atoms with Crippen LogP contribution in [0, 0.1) is 5.92 Å². The van der Waals surface area contributed by atoms with Crippen LogP contribution in [0.1, 0.15) is 72.6 Å². The summed E-state index contributed by atoms with van der Waals surface area (Å²) in [5.41, 5.74) is -0.0166. The van der Waals surface area contributed by atoms with Gasteiger partial charge in [0.25, 0.3) is 0 Å². The second-order valence-electron chi connectivity index (χ2n) is 6.65. The largest absolute Gasteiger partial charge is 0.379 e. The van der Waals surface area contributed by atoms with E-state index in [2.05, 4.69) is 33.0 Å². The third-order valence-corrected chi connectivity index (χ3v) is 4.51. The summed E-state index contributed by atoms with van der Waals surface area (Å²) in [6, 6.07) is 1.24. The van der Waals surface area contributed by atoms with Gasteiger partial charge in [0.15, 0.2) is 0 Å². The average Bonchev–Trinajstić information content (AvgIpc) is 2.36. The molecule has 1 rings (SSSR count). The zero-order valence-corrected chi connectivity index (χ0v) is 13.1. The quantitative estimate of drug-likeness (QED) is 0.738. The van der Waals surface area contributed by atoms with Crippen LogP contribution in [0.5, 0.6) is 0 Å². The Morgan fingerprint density at radius 1 is 1.22 bits per heavy atom. The molecule has 0 radical (unpaired) electrons. The van der Waals surface area contributed by atoms with Gasteiger partial charge in [-0.15, -0.1) is 0 Å². The van der Waals surface area contributed by atoms with Gasteiger partial charge in [-0.2, -0.15) is 0 Å². The first kappa shape index (κ1) is 16.0. The van der Waals surface area contributed by atoms with Gasteiger partial charge >= 0.3 is 0 Å². The predicted octanol–water partition coefficient (Wildman–Crippen LogP) is 4.14. The summed E-state index contributed by atoms with van der Waals surface area (Å²) >= 11 is 0. The summed E-state index contributed by atoms with van der Waals surface area (Å²) in [6.07, 6.45) is 9.48. The Hall–Kier alpha value is -0.0800. The number of rotatable bonds is 7. The van der Waals surface area contributed by atoms with E-state index in [4.69, 9.17) is 4.74 Å². The lowest BCUT2D eigenvalue weighted by atomic mass is 9.82. The molecule has 1 saturated carbocycles. The first-order valence-corrected chi connectivity index (χ1v) is 7.79. The highest BCUT2D eigenvalue weighted by molar-refractivity contribution is 4.83. The Morgan fingerprint density at radius 3 is 2.33 bits per heavy atom. The van der Waals surface area contributed by atoms with Crippen LogP contribution in [0.4, 0.5) is 0 Å². The average molecular weight is 255 g/mol. The SMILES string of the molecule is CCC(NC(C)CC(C)(C)OC)C1CCCCC1. The Morgan fingerprint density at radius 2 is 1.83 bits per heavy atom. The smallest absolute Gasteiger partial charge is 0.0637 e. The van der Waals surface area contributed by atoms with Gasteiger partial charge in [0, 0.05) is 19.2 Å². The molecule has 0 saturated heterocycles. The molecule has 0 spiro atoms. The number of nitrogens with one attached hydrogen (secondary N) is 1. The van der Waals surface area contributed by atoms with Gasteiger partial charge in [-0.3, -0.25) is 0 Å². The molecule has 1 aliphatic carbocycles. The molecule has 0 bridgehead atoms. The highest BCUT2D eigenvalue weighted by Gasteiger charge is 2.26. The fourth-order valence-corrected chi connectivity index (χ4v) is 3.37. The van der Waals surface area contributed by atoms with E-state index in [1.54, 1.807) is 0 Å². The van der Waals surface area contributed by atoms with Gasteiger partial charge in [0.1, 0.15) is 0 Å².